The van der Waals surface area contributed by atoms with Crippen LogP contribution in [0.4, 0.5) is 0 Å². The van der Waals surface area contributed by atoms with Crippen molar-refractivity contribution in [2.24, 2.45) is 11.8 Å². The Morgan fingerprint density at radius 2 is 1.57 bits per heavy atom. The predicted molar refractivity (Wildman–Crippen MR) is 133 cm³/mol. The van der Waals surface area contributed by atoms with E-state index in [4.69, 9.17) is 18.9 Å². The highest BCUT2D eigenvalue weighted by atomic mass is 16.5. The molecule has 184 valence electrons. The number of carbonyl (C=O) groups excluding carboxylic acids is 1. The van der Waals surface area contributed by atoms with Gasteiger partial charge in [0.1, 0.15) is 0 Å². The van der Waals surface area contributed by atoms with E-state index in [1.54, 1.807) is 20.3 Å². The average Bonchev–Trinajstić information content (AvgIpc) is 3.22. The van der Waals surface area contributed by atoms with E-state index in [2.05, 4.69) is 12.1 Å². The molecule has 0 unspecified atom stereocenters. The van der Waals surface area contributed by atoms with Crippen molar-refractivity contribution in [3.63, 3.8) is 0 Å². The molecule has 0 aromatic heterocycles. The number of phenols is 1. The Morgan fingerprint density at radius 1 is 0.857 bits per heavy atom. The Bertz CT molecular complexity index is 1130. The summed E-state index contributed by atoms with van der Waals surface area (Å²) >= 11 is 0. The number of methoxy groups -OCH3 is 2. The summed E-state index contributed by atoms with van der Waals surface area (Å²) in [6.45, 7) is 0.887. The first-order chi connectivity index (χ1) is 17.1. The molecule has 1 N–H and O–H groups in total. The molecule has 0 bridgehead atoms. The average molecular weight is 477 g/mol. The van der Waals surface area contributed by atoms with Gasteiger partial charge in [-0.3, -0.25) is 4.79 Å². The van der Waals surface area contributed by atoms with Crippen LogP contribution in [0.15, 0.2) is 66.7 Å². The number of hydrogen-bond acceptors (Lipinski definition) is 6. The second-order valence-electron chi connectivity index (χ2n) is 8.83. The topological polar surface area (TPSA) is 74.2 Å². The Morgan fingerprint density at radius 3 is 2.34 bits per heavy atom. The van der Waals surface area contributed by atoms with Crippen LogP contribution < -0.4 is 14.2 Å². The first-order valence-corrected chi connectivity index (χ1v) is 11.9. The van der Waals surface area contributed by atoms with Crippen molar-refractivity contribution in [2.45, 2.75) is 25.7 Å². The Hall–Kier alpha value is -3.67. The first kappa shape index (κ1) is 24.5. The SMILES string of the molecule is COc1ccc(C[C@H]2COC(=O)[C@@H]2Cc2ccc(O)c(OCCCc3ccccc3)c2)cc1OC. The second-order valence-corrected chi connectivity index (χ2v) is 8.83. The molecule has 0 radical (unpaired) electrons. The fourth-order valence-electron chi connectivity index (χ4n) is 4.52. The summed E-state index contributed by atoms with van der Waals surface area (Å²) in [5.41, 5.74) is 3.25. The highest BCUT2D eigenvalue weighted by Gasteiger charge is 2.37. The van der Waals surface area contributed by atoms with E-state index in [9.17, 15) is 9.90 Å². The maximum atomic E-state index is 12.6. The lowest BCUT2D eigenvalue weighted by molar-refractivity contribution is -0.141. The number of cyclic esters (lactones) is 1. The molecular formula is C29H32O6. The number of benzene rings is 3. The number of aryl methyl sites for hydroxylation is 1. The molecule has 4 rings (SSSR count). The molecule has 2 atom stereocenters. The highest BCUT2D eigenvalue weighted by Crippen LogP contribution is 2.34. The summed E-state index contributed by atoms with van der Waals surface area (Å²) < 4.78 is 22.0. The maximum Gasteiger partial charge on any atom is 0.309 e. The van der Waals surface area contributed by atoms with Crippen LogP contribution in [0.2, 0.25) is 0 Å². The van der Waals surface area contributed by atoms with Gasteiger partial charge in [0.25, 0.3) is 0 Å². The van der Waals surface area contributed by atoms with Crippen LogP contribution in [0.3, 0.4) is 0 Å². The standard InChI is InChI=1S/C29H32O6/c1-32-26-13-11-21(18-28(26)33-2)15-23-19-35-29(31)24(23)16-22-10-12-25(30)27(17-22)34-14-6-9-20-7-4-3-5-8-20/h3-5,7-8,10-13,17-18,23-24,30H,6,9,14-16,19H2,1-2H3/t23-,24+/m0/s1. The number of rotatable bonds is 11. The largest absolute Gasteiger partial charge is 0.504 e. The van der Waals surface area contributed by atoms with E-state index < -0.39 is 0 Å². The zero-order valence-electron chi connectivity index (χ0n) is 20.2. The van der Waals surface area contributed by atoms with Crippen LogP contribution in [0.1, 0.15) is 23.1 Å². The van der Waals surface area contributed by atoms with Crippen LogP contribution >= 0.6 is 0 Å². The van der Waals surface area contributed by atoms with Crippen molar-refractivity contribution in [2.75, 3.05) is 27.4 Å². The number of aromatic hydroxyl groups is 1. The van der Waals surface area contributed by atoms with Crippen molar-refractivity contribution in [1.29, 1.82) is 0 Å². The molecule has 0 spiro atoms. The number of phenolic OH excluding ortho intramolecular Hbond substituents is 1. The minimum absolute atomic E-state index is 0.0460. The molecular weight excluding hydrogens is 444 g/mol. The summed E-state index contributed by atoms with van der Waals surface area (Å²) in [5.74, 6) is 1.48. The molecule has 3 aromatic carbocycles. The van der Waals surface area contributed by atoms with Crippen molar-refractivity contribution in [3.8, 4) is 23.0 Å². The molecule has 1 heterocycles. The third-order valence-corrected chi connectivity index (χ3v) is 6.45. The molecule has 6 nitrogen and oxygen atoms in total. The maximum absolute atomic E-state index is 12.6. The normalized spacial score (nSPS) is 17.1. The summed E-state index contributed by atoms with van der Waals surface area (Å²) in [5, 5.41) is 10.3. The number of carbonyl (C=O) groups is 1. The monoisotopic (exact) mass is 476 g/mol. The first-order valence-electron chi connectivity index (χ1n) is 11.9. The Labute approximate surface area is 206 Å². The number of ether oxygens (including phenoxy) is 4. The van der Waals surface area contributed by atoms with Gasteiger partial charge < -0.3 is 24.1 Å². The van der Waals surface area contributed by atoms with Crippen LogP contribution in [-0.4, -0.2) is 38.5 Å². The lowest BCUT2D eigenvalue weighted by Crippen LogP contribution is -2.20. The molecule has 3 aromatic rings. The van der Waals surface area contributed by atoms with Crippen LogP contribution in [0.5, 0.6) is 23.0 Å². The van der Waals surface area contributed by atoms with Crippen molar-refractivity contribution >= 4 is 5.97 Å². The van der Waals surface area contributed by atoms with Gasteiger partial charge in [-0.25, -0.2) is 0 Å². The van der Waals surface area contributed by atoms with E-state index in [0.717, 1.165) is 24.0 Å². The lowest BCUT2D eigenvalue weighted by atomic mass is 9.85. The van der Waals surface area contributed by atoms with Gasteiger partial charge >= 0.3 is 5.97 Å². The van der Waals surface area contributed by atoms with Crippen molar-refractivity contribution in [1.82, 2.24) is 0 Å². The van der Waals surface area contributed by atoms with Crippen LogP contribution in [0, 0.1) is 11.8 Å². The van der Waals surface area contributed by atoms with E-state index in [0.29, 0.717) is 43.3 Å². The molecule has 0 saturated carbocycles. The molecule has 1 aliphatic rings. The lowest BCUT2D eigenvalue weighted by Gasteiger charge is -2.17. The third-order valence-electron chi connectivity index (χ3n) is 6.45. The smallest absolute Gasteiger partial charge is 0.309 e. The van der Waals surface area contributed by atoms with Crippen LogP contribution in [0.25, 0.3) is 0 Å². The number of hydrogen-bond donors (Lipinski definition) is 1. The zero-order chi connectivity index (χ0) is 24.6. The van der Waals surface area contributed by atoms with E-state index in [-0.39, 0.29) is 23.6 Å². The van der Waals surface area contributed by atoms with Crippen molar-refractivity contribution < 1.29 is 28.8 Å². The summed E-state index contributed by atoms with van der Waals surface area (Å²) in [6, 6.07) is 21.4. The van der Waals surface area contributed by atoms with E-state index in [1.807, 2.05) is 48.5 Å². The molecule has 0 amide bonds. The minimum Gasteiger partial charge on any atom is -0.504 e. The van der Waals surface area contributed by atoms with Crippen molar-refractivity contribution in [3.05, 3.63) is 83.4 Å². The van der Waals surface area contributed by atoms with Gasteiger partial charge in [-0.15, -0.1) is 0 Å². The third kappa shape index (κ3) is 6.27. The highest BCUT2D eigenvalue weighted by molar-refractivity contribution is 5.75. The molecule has 6 heteroatoms. The minimum atomic E-state index is -0.265. The summed E-state index contributed by atoms with van der Waals surface area (Å²) in [6.07, 6.45) is 2.97. The van der Waals surface area contributed by atoms with E-state index in [1.165, 1.54) is 5.56 Å². The van der Waals surface area contributed by atoms with Gasteiger partial charge in [0.05, 0.1) is 33.4 Å². The van der Waals surface area contributed by atoms with Gasteiger partial charge in [-0.2, -0.15) is 0 Å². The summed E-state index contributed by atoms with van der Waals surface area (Å²) in [7, 11) is 3.22. The Balaban J connectivity index is 1.38. The Kier molecular flexibility index (Phi) is 8.14. The predicted octanol–water partition coefficient (Wildman–Crippen LogP) is 5.00. The van der Waals surface area contributed by atoms with Gasteiger partial charge in [0.2, 0.25) is 0 Å². The molecule has 1 aliphatic heterocycles. The molecule has 35 heavy (non-hydrogen) atoms. The van der Waals surface area contributed by atoms with Gasteiger partial charge in [0, 0.05) is 5.92 Å². The molecule has 0 aliphatic carbocycles. The second kappa shape index (κ2) is 11.6. The quantitative estimate of drug-likeness (QED) is 0.310. The molecule has 1 saturated heterocycles. The van der Waals surface area contributed by atoms with Crippen LogP contribution in [-0.2, 0) is 28.8 Å². The van der Waals surface area contributed by atoms with E-state index >= 15 is 0 Å². The molecule has 1 fully saturated rings. The van der Waals surface area contributed by atoms with Gasteiger partial charge in [-0.05, 0) is 66.6 Å². The number of esters is 1. The fraction of sp³-hybridized carbons (Fsp3) is 0.345. The zero-order valence-corrected chi connectivity index (χ0v) is 20.2. The summed E-state index contributed by atoms with van der Waals surface area (Å²) in [4.78, 5) is 12.6. The van der Waals surface area contributed by atoms with Gasteiger partial charge in [-0.1, -0.05) is 42.5 Å². The fourth-order valence-corrected chi connectivity index (χ4v) is 4.52. The van der Waals surface area contributed by atoms with Gasteiger partial charge in [0.15, 0.2) is 23.0 Å².